The Labute approximate surface area is 127 Å². The molecule has 0 radical (unpaired) electrons. The maximum atomic E-state index is 12.3. The average molecular weight is 302 g/mol. The normalized spacial score (nSPS) is 18.8. The van der Waals surface area contributed by atoms with Crippen LogP contribution in [0.3, 0.4) is 0 Å². The van der Waals surface area contributed by atoms with E-state index in [1.54, 1.807) is 0 Å². The lowest BCUT2D eigenvalue weighted by Crippen LogP contribution is -2.44. The number of carbonyl (C=O) groups excluding carboxylic acids is 2. The molecule has 3 amide bonds. The first-order valence-corrected chi connectivity index (χ1v) is 7.33. The largest absolute Gasteiger partial charge is 0.344 e. The minimum Gasteiger partial charge on any atom is -0.344 e. The van der Waals surface area contributed by atoms with Crippen LogP contribution in [-0.4, -0.2) is 39.1 Å². The van der Waals surface area contributed by atoms with Crippen molar-refractivity contribution in [3.63, 3.8) is 0 Å². The second kappa shape index (κ2) is 6.00. The molecule has 0 aliphatic carbocycles. The van der Waals surface area contributed by atoms with Gasteiger partial charge in [-0.15, -0.1) is 10.2 Å². The summed E-state index contributed by atoms with van der Waals surface area (Å²) in [5.41, 5.74) is 0.740. The summed E-state index contributed by atoms with van der Waals surface area (Å²) in [4.78, 5) is 23.4. The van der Waals surface area contributed by atoms with Crippen LogP contribution in [0.2, 0.25) is 0 Å². The van der Waals surface area contributed by atoms with Crippen molar-refractivity contribution in [2.24, 2.45) is 0 Å². The van der Waals surface area contributed by atoms with Crippen molar-refractivity contribution in [2.75, 3.05) is 6.54 Å². The molecule has 0 saturated carbocycles. The molecule has 8 heteroatoms. The topological polar surface area (TPSA) is 100 Å². The smallest absolute Gasteiger partial charge is 0.315 e. The fourth-order valence-electron chi connectivity index (χ4n) is 2.54. The van der Waals surface area contributed by atoms with Gasteiger partial charge >= 0.3 is 6.03 Å². The van der Waals surface area contributed by atoms with E-state index in [0.717, 1.165) is 18.5 Å². The zero-order valence-corrected chi connectivity index (χ0v) is 12.2. The number of nitrogens with one attached hydrogen (secondary N) is 3. The summed E-state index contributed by atoms with van der Waals surface area (Å²) >= 11 is 0. The Morgan fingerprint density at radius 2 is 2.36 bits per heavy atom. The maximum absolute atomic E-state index is 12.3. The van der Waals surface area contributed by atoms with Crippen molar-refractivity contribution in [3.8, 4) is 0 Å². The molecule has 22 heavy (non-hydrogen) atoms. The van der Waals surface area contributed by atoms with Gasteiger partial charge in [0, 0.05) is 12.7 Å². The summed E-state index contributed by atoms with van der Waals surface area (Å²) in [5, 5.41) is 16.4. The molecule has 0 unspecified atom stereocenters. The van der Waals surface area contributed by atoms with E-state index in [9.17, 15) is 9.59 Å². The zero-order valence-electron chi connectivity index (χ0n) is 12.2. The van der Waals surface area contributed by atoms with Gasteiger partial charge in [-0.3, -0.25) is 9.20 Å². The van der Waals surface area contributed by atoms with Crippen LogP contribution in [0.5, 0.6) is 0 Å². The Hall–Kier alpha value is -2.64. The molecular formula is C14H18N6O2. The maximum Gasteiger partial charge on any atom is 0.315 e. The van der Waals surface area contributed by atoms with Crippen LogP contribution in [0, 0.1) is 0 Å². The highest BCUT2D eigenvalue weighted by atomic mass is 16.2. The van der Waals surface area contributed by atoms with Crippen LogP contribution in [-0.2, 0) is 4.79 Å². The average Bonchev–Trinajstić information content (AvgIpc) is 3.13. The van der Waals surface area contributed by atoms with Crippen molar-refractivity contribution >= 4 is 17.6 Å². The third-order valence-corrected chi connectivity index (χ3v) is 3.63. The molecular weight excluding hydrogens is 284 g/mol. The molecule has 1 saturated heterocycles. The summed E-state index contributed by atoms with van der Waals surface area (Å²) in [6.07, 6.45) is 3.51. The van der Waals surface area contributed by atoms with Crippen molar-refractivity contribution in [3.05, 3.63) is 30.2 Å². The molecule has 2 aromatic rings. The molecule has 0 spiro atoms. The van der Waals surface area contributed by atoms with Gasteiger partial charge in [-0.1, -0.05) is 19.4 Å². The summed E-state index contributed by atoms with van der Waals surface area (Å²) in [5.74, 6) is 0.479. The number of fused-ring (bicyclic) bond motifs is 1. The van der Waals surface area contributed by atoms with Crippen LogP contribution >= 0.6 is 0 Å². The Balaban J connectivity index is 1.80. The number of amides is 3. The van der Waals surface area contributed by atoms with Crippen LogP contribution in [0.1, 0.15) is 31.6 Å². The highest BCUT2D eigenvalue weighted by molar-refractivity contribution is 5.90. The molecule has 8 nitrogen and oxygen atoms in total. The molecule has 3 heterocycles. The molecule has 1 fully saturated rings. The van der Waals surface area contributed by atoms with E-state index >= 15 is 0 Å². The van der Waals surface area contributed by atoms with Gasteiger partial charge < -0.3 is 16.0 Å². The number of carbonyl (C=O) groups is 2. The number of rotatable bonds is 5. The van der Waals surface area contributed by atoms with Crippen molar-refractivity contribution < 1.29 is 9.59 Å². The first-order valence-electron chi connectivity index (χ1n) is 7.33. The highest BCUT2D eigenvalue weighted by Crippen LogP contribution is 2.18. The molecule has 0 bridgehead atoms. The number of hydrogen-bond donors (Lipinski definition) is 3. The Kier molecular flexibility index (Phi) is 3.90. The second-order valence-corrected chi connectivity index (χ2v) is 5.24. The summed E-state index contributed by atoms with van der Waals surface area (Å²) in [6, 6.07) is 4.54. The molecule has 3 N–H and O–H groups in total. The van der Waals surface area contributed by atoms with Crippen molar-refractivity contribution in [1.29, 1.82) is 0 Å². The Morgan fingerprint density at radius 1 is 1.50 bits per heavy atom. The third kappa shape index (κ3) is 2.72. The second-order valence-electron chi connectivity index (χ2n) is 5.24. The van der Waals surface area contributed by atoms with Gasteiger partial charge in [-0.2, -0.15) is 0 Å². The fraction of sp³-hybridized carbons (Fsp3) is 0.429. The van der Waals surface area contributed by atoms with Crippen LogP contribution in [0.15, 0.2) is 24.4 Å². The van der Waals surface area contributed by atoms with Crippen LogP contribution < -0.4 is 16.0 Å². The summed E-state index contributed by atoms with van der Waals surface area (Å²) < 4.78 is 1.87. The number of nitrogens with zero attached hydrogens (tertiary/aromatic N) is 3. The lowest BCUT2D eigenvalue weighted by atomic mass is 10.1. The zero-order chi connectivity index (χ0) is 15.5. The van der Waals surface area contributed by atoms with Crippen LogP contribution in [0.25, 0.3) is 5.65 Å². The predicted octanol–water partition coefficient (Wildman–Crippen LogP) is 0.368. The van der Waals surface area contributed by atoms with Gasteiger partial charge in [0.05, 0.1) is 6.04 Å². The Bertz CT molecular complexity index is 697. The minimum absolute atomic E-state index is 0.218. The molecule has 1 aliphatic rings. The van der Waals surface area contributed by atoms with E-state index in [2.05, 4.69) is 26.1 Å². The third-order valence-electron chi connectivity index (χ3n) is 3.63. The Morgan fingerprint density at radius 3 is 3.09 bits per heavy atom. The molecule has 0 aromatic carbocycles. The predicted molar refractivity (Wildman–Crippen MR) is 79.1 cm³/mol. The standard InChI is InChI=1S/C14H18N6O2/c1-2-5-9(16-13(21)10-8-15-14(22)17-10)12-19-18-11-6-3-4-7-20(11)12/h3-4,6-7,9-10H,2,5,8H2,1H3,(H,16,21)(H2,15,17,22)/t9-,10+/m1/s1. The molecule has 2 aromatic heterocycles. The van der Waals surface area contributed by atoms with Gasteiger partial charge in [0.1, 0.15) is 6.04 Å². The van der Waals surface area contributed by atoms with E-state index in [0.29, 0.717) is 12.4 Å². The molecule has 2 atom stereocenters. The first-order chi connectivity index (χ1) is 10.7. The number of hydrogen-bond acceptors (Lipinski definition) is 4. The van der Waals surface area contributed by atoms with Gasteiger partial charge in [0.2, 0.25) is 5.91 Å². The highest BCUT2D eigenvalue weighted by Gasteiger charge is 2.29. The van der Waals surface area contributed by atoms with E-state index < -0.39 is 6.04 Å². The number of pyridine rings is 1. The van der Waals surface area contributed by atoms with E-state index in [1.807, 2.05) is 35.7 Å². The summed E-state index contributed by atoms with van der Waals surface area (Å²) in [6.45, 7) is 2.34. The minimum atomic E-state index is -0.550. The quantitative estimate of drug-likeness (QED) is 0.742. The fourth-order valence-corrected chi connectivity index (χ4v) is 2.54. The van der Waals surface area contributed by atoms with Crippen molar-refractivity contribution in [1.82, 2.24) is 30.5 Å². The molecule has 1 aliphatic heterocycles. The SMILES string of the molecule is CCC[C@@H](NC(=O)[C@@H]1CNC(=O)N1)c1nnc2ccccn12. The van der Waals surface area contributed by atoms with Crippen LogP contribution in [0.4, 0.5) is 4.79 Å². The van der Waals surface area contributed by atoms with E-state index in [1.165, 1.54) is 0 Å². The number of aromatic nitrogens is 3. The van der Waals surface area contributed by atoms with E-state index in [-0.39, 0.29) is 18.0 Å². The summed E-state index contributed by atoms with van der Waals surface area (Å²) in [7, 11) is 0. The molecule has 116 valence electrons. The number of urea groups is 1. The van der Waals surface area contributed by atoms with Gasteiger partial charge in [0.15, 0.2) is 11.5 Å². The monoisotopic (exact) mass is 302 g/mol. The van der Waals surface area contributed by atoms with Gasteiger partial charge in [-0.05, 0) is 18.6 Å². The van der Waals surface area contributed by atoms with Crippen molar-refractivity contribution in [2.45, 2.75) is 31.8 Å². The lowest BCUT2D eigenvalue weighted by molar-refractivity contribution is -0.123. The molecule has 3 rings (SSSR count). The van der Waals surface area contributed by atoms with Gasteiger partial charge in [0.25, 0.3) is 0 Å². The first kappa shape index (κ1) is 14.3. The van der Waals surface area contributed by atoms with E-state index in [4.69, 9.17) is 0 Å². The lowest BCUT2D eigenvalue weighted by Gasteiger charge is -2.18. The van der Waals surface area contributed by atoms with Gasteiger partial charge in [-0.25, -0.2) is 4.79 Å².